The molecule has 6 nitrogen and oxygen atoms in total. The van der Waals surface area contributed by atoms with Crippen LogP contribution in [-0.4, -0.2) is 33.8 Å². The van der Waals surface area contributed by atoms with Crippen molar-refractivity contribution in [3.05, 3.63) is 27.4 Å². The number of hydrogen-bond donors (Lipinski definition) is 2. The van der Waals surface area contributed by atoms with E-state index in [4.69, 9.17) is 9.84 Å². The molecule has 0 bridgehead atoms. The number of carboxylic acids is 1. The molecule has 1 unspecified atom stereocenters. The third kappa shape index (κ3) is 3.64. The quantitative estimate of drug-likeness (QED) is 0.823. The smallest absolute Gasteiger partial charge is 0.303 e. The molecule has 1 aliphatic heterocycles. The second kappa shape index (κ2) is 5.97. The van der Waals surface area contributed by atoms with E-state index in [0.29, 0.717) is 23.5 Å². The molecule has 0 spiro atoms. The van der Waals surface area contributed by atoms with Crippen LogP contribution in [-0.2, 0) is 22.4 Å². The van der Waals surface area contributed by atoms with Gasteiger partial charge in [-0.15, -0.1) is 0 Å². The number of aromatic amines is 1. The predicted molar refractivity (Wildman–Crippen MR) is 68.2 cm³/mol. The van der Waals surface area contributed by atoms with Crippen molar-refractivity contribution < 1.29 is 14.6 Å². The van der Waals surface area contributed by atoms with Crippen molar-refractivity contribution in [2.75, 3.05) is 6.61 Å². The maximum Gasteiger partial charge on any atom is 0.303 e. The molecule has 19 heavy (non-hydrogen) atoms. The first-order valence-electron chi connectivity index (χ1n) is 6.48. The van der Waals surface area contributed by atoms with Crippen molar-refractivity contribution in [2.45, 2.75) is 45.1 Å². The van der Waals surface area contributed by atoms with Crippen LogP contribution in [0, 0.1) is 6.92 Å². The summed E-state index contributed by atoms with van der Waals surface area (Å²) in [6.45, 7) is 2.51. The maximum atomic E-state index is 11.9. The summed E-state index contributed by atoms with van der Waals surface area (Å²) in [6.07, 6.45) is 2.93. The predicted octanol–water partition coefficient (Wildman–Crippen LogP) is 0.817. The fraction of sp³-hybridized carbons (Fsp3) is 0.615. The average molecular weight is 266 g/mol. The van der Waals surface area contributed by atoms with E-state index in [1.807, 2.05) is 0 Å². The fourth-order valence-electron chi connectivity index (χ4n) is 2.31. The Labute approximate surface area is 110 Å². The first kappa shape index (κ1) is 13.7. The van der Waals surface area contributed by atoms with Crippen molar-refractivity contribution >= 4 is 5.97 Å². The van der Waals surface area contributed by atoms with Crippen molar-refractivity contribution in [3.8, 4) is 0 Å². The van der Waals surface area contributed by atoms with Crippen LogP contribution in [0.2, 0.25) is 0 Å². The largest absolute Gasteiger partial charge is 0.481 e. The van der Waals surface area contributed by atoms with E-state index in [0.717, 1.165) is 19.4 Å². The minimum atomic E-state index is -0.915. The molecule has 1 fully saturated rings. The second-order valence-electron chi connectivity index (χ2n) is 4.81. The first-order valence-corrected chi connectivity index (χ1v) is 6.48. The topological polar surface area (TPSA) is 92.3 Å². The summed E-state index contributed by atoms with van der Waals surface area (Å²) in [4.78, 5) is 29.5. The van der Waals surface area contributed by atoms with Crippen LogP contribution in [0.4, 0.5) is 0 Å². The lowest BCUT2D eigenvalue weighted by Gasteiger charge is -2.10. The number of nitrogens with zero attached hydrogens (tertiary/aromatic N) is 1. The maximum absolute atomic E-state index is 11.9. The van der Waals surface area contributed by atoms with Crippen LogP contribution in [0.3, 0.4) is 0 Å². The zero-order valence-corrected chi connectivity index (χ0v) is 10.9. The van der Waals surface area contributed by atoms with Crippen LogP contribution < -0.4 is 5.56 Å². The van der Waals surface area contributed by atoms with Gasteiger partial charge in [-0.25, -0.2) is 4.98 Å². The van der Waals surface area contributed by atoms with E-state index in [9.17, 15) is 9.59 Å². The lowest BCUT2D eigenvalue weighted by Crippen LogP contribution is -2.22. The van der Waals surface area contributed by atoms with Crippen LogP contribution in [0.25, 0.3) is 0 Å². The number of rotatable bonds is 5. The summed E-state index contributed by atoms with van der Waals surface area (Å²) < 4.78 is 5.51. The van der Waals surface area contributed by atoms with Crippen LogP contribution in [0.15, 0.2) is 4.79 Å². The Kier molecular flexibility index (Phi) is 4.31. The van der Waals surface area contributed by atoms with Gasteiger partial charge in [0.2, 0.25) is 0 Å². The van der Waals surface area contributed by atoms with E-state index < -0.39 is 5.97 Å². The van der Waals surface area contributed by atoms with Crippen LogP contribution in [0.1, 0.15) is 36.3 Å². The molecule has 1 atom stereocenters. The number of hydrogen-bond acceptors (Lipinski definition) is 4. The molecule has 1 aromatic rings. The third-order valence-electron chi connectivity index (χ3n) is 3.31. The number of aromatic nitrogens is 2. The van der Waals surface area contributed by atoms with Crippen molar-refractivity contribution in [3.63, 3.8) is 0 Å². The van der Waals surface area contributed by atoms with Crippen molar-refractivity contribution in [1.82, 2.24) is 9.97 Å². The van der Waals surface area contributed by atoms with Crippen LogP contribution >= 0.6 is 0 Å². The summed E-state index contributed by atoms with van der Waals surface area (Å²) in [5.74, 6) is -0.296. The molecule has 0 aliphatic carbocycles. The number of carbonyl (C=O) groups is 1. The third-order valence-corrected chi connectivity index (χ3v) is 3.31. The van der Waals surface area contributed by atoms with Crippen LogP contribution in [0.5, 0.6) is 0 Å². The van der Waals surface area contributed by atoms with E-state index >= 15 is 0 Å². The zero-order valence-electron chi connectivity index (χ0n) is 10.9. The summed E-state index contributed by atoms with van der Waals surface area (Å²) >= 11 is 0. The Balaban J connectivity index is 2.11. The highest BCUT2D eigenvalue weighted by Gasteiger charge is 2.18. The van der Waals surface area contributed by atoms with Gasteiger partial charge >= 0.3 is 5.97 Å². The lowest BCUT2D eigenvalue weighted by molar-refractivity contribution is -0.136. The second-order valence-corrected chi connectivity index (χ2v) is 4.81. The van der Waals surface area contributed by atoms with Gasteiger partial charge in [-0.05, 0) is 26.2 Å². The molecule has 104 valence electrons. The van der Waals surface area contributed by atoms with E-state index in [1.165, 1.54) is 0 Å². The normalized spacial score (nSPS) is 18.7. The zero-order chi connectivity index (χ0) is 13.8. The molecule has 0 saturated carbocycles. The molecule has 0 amide bonds. The summed E-state index contributed by atoms with van der Waals surface area (Å²) in [5, 5.41) is 8.65. The standard InChI is InChI=1S/C13H18N2O4/c1-8-10(4-5-12(16)17)13(18)15-11(14-8)7-9-3-2-6-19-9/h9H,2-7H2,1H3,(H,16,17)(H,14,15,18). The Morgan fingerprint density at radius 2 is 2.37 bits per heavy atom. The van der Waals surface area contributed by atoms with E-state index in [-0.39, 0.29) is 24.5 Å². The lowest BCUT2D eigenvalue weighted by atomic mass is 10.1. The van der Waals surface area contributed by atoms with Crippen molar-refractivity contribution in [2.24, 2.45) is 0 Å². The highest BCUT2D eigenvalue weighted by Crippen LogP contribution is 2.15. The number of carboxylic acid groups (broad SMARTS) is 1. The Hall–Kier alpha value is -1.69. The van der Waals surface area contributed by atoms with Gasteiger partial charge in [0, 0.05) is 30.7 Å². The number of aliphatic carboxylic acids is 1. The molecule has 0 radical (unpaired) electrons. The summed E-state index contributed by atoms with van der Waals surface area (Å²) in [5.41, 5.74) is 0.832. The van der Waals surface area contributed by atoms with Gasteiger partial charge in [-0.2, -0.15) is 0 Å². The minimum absolute atomic E-state index is 0.0588. The van der Waals surface area contributed by atoms with Gasteiger partial charge in [0.05, 0.1) is 6.10 Å². The highest BCUT2D eigenvalue weighted by molar-refractivity contribution is 5.67. The SMILES string of the molecule is Cc1nc(CC2CCCO2)[nH]c(=O)c1CCC(=O)O. The van der Waals surface area contributed by atoms with E-state index in [1.54, 1.807) is 6.92 Å². The average Bonchev–Trinajstić information content (AvgIpc) is 2.80. The van der Waals surface area contributed by atoms with E-state index in [2.05, 4.69) is 9.97 Å². The van der Waals surface area contributed by atoms with Gasteiger partial charge in [0.15, 0.2) is 0 Å². The van der Waals surface area contributed by atoms with Gasteiger partial charge in [0.25, 0.3) is 5.56 Å². The molecule has 2 heterocycles. The molecule has 2 N–H and O–H groups in total. The Bertz CT molecular complexity index is 518. The summed E-state index contributed by atoms with van der Waals surface area (Å²) in [7, 11) is 0. The summed E-state index contributed by atoms with van der Waals surface area (Å²) in [6, 6.07) is 0. The Morgan fingerprint density at radius 1 is 1.58 bits per heavy atom. The van der Waals surface area contributed by atoms with Crippen molar-refractivity contribution in [1.29, 1.82) is 0 Å². The number of H-pyrrole nitrogens is 1. The molecule has 1 saturated heterocycles. The molecule has 6 heteroatoms. The Morgan fingerprint density at radius 3 is 2.95 bits per heavy atom. The fourth-order valence-corrected chi connectivity index (χ4v) is 2.31. The van der Waals surface area contributed by atoms with Gasteiger partial charge in [0.1, 0.15) is 5.82 Å². The van der Waals surface area contributed by atoms with Gasteiger partial charge in [-0.3, -0.25) is 9.59 Å². The van der Waals surface area contributed by atoms with Gasteiger partial charge < -0.3 is 14.8 Å². The minimum Gasteiger partial charge on any atom is -0.481 e. The monoisotopic (exact) mass is 266 g/mol. The number of nitrogens with one attached hydrogen (secondary N) is 1. The number of ether oxygens (including phenoxy) is 1. The molecule has 0 aromatic carbocycles. The van der Waals surface area contributed by atoms with Gasteiger partial charge in [-0.1, -0.05) is 0 Å². The molecule has 1 aromatic heterocycles. The highest BCUT2D eigenvalue weighted by atomic mass is 16.5. The molecular weight excluding hydrogens is 248 g/mol. The molecular formula is C13H18N2O4. The molecule has 1 aliphatic rings. The first-order chi connectivity index (χ1) is 9.06. The molecule has 2 rings (SSSR count). The number of aryl methyl sites for hydroxylation is 1.